The number of aromatic nitrogens is 1. The van der Waals surface area contributed by atoms with Crippen molar-refractivity contribution in [2.45, 2.75) is 33.4 Å². The van der Waals surface area contributed by atoms with Crippen LogP contribution in [0, 0.1) is 12.8 Å². The molecule has 1 atom stereocenters. The van der Waals surface area contributed by atoms with Gasteiger partial charge in [-0.3, -0.25) is 4.79 Å². The van der Waals surface area contributed by atoms with Crippen LogP contribution in [0.25, 0.3) is 11.5 Å². The van der Waals surface area contributed by atoms with Crippen LogP contribution < -0.4 is 5.32 Å². The Balaban J connectivity index is 1.65. The van der Waals surface area contributed by atoms with Gasteiger partial charge in [-0.15, -0.1) is 0 Å². The molecular weight excluding hydrogens is 368 g/mol. The lowest BCUT2D eigenvalue weighted by atomic mass is 10.0. The molecular formula is C23H24N2O4. The summed E-state index contributed by atoms with van der Waals surface area (Å²) < 4.78 is 11.1. The van der Waals surface area contributed by atoms with Crippen LogP contribution in [-0.4, -0.2) is 22.9 Å². The first kappa shape index (κ1) is 20.3. The van der Waals surface area contributed by atoms with Crippen LogP contribution in [0.4, 0.5) is 0 Å². The minimum absolute atomic E-state index is 0.0224. The van der Waals surface area contributed by atoms with Gasteiger partial charge in [-0.05, 0) is 37.1 Å². The molecule has 0 saturated heterocycles. The van der Waals surface area contributed by atoms with Crippen molar-refractivity contribution in [3.63, 3.8) is 0 Å². The van der Waals surface area contributed by atoms with Crippen LogP contribution in [0.3, 0.4) is 0 Å². The van der Waals surface area contributed by atoms with Crippen molar-refractivity contribution < 1.29 is 18.7 Å². The average molecular weight is 392 g/mol. The number of nitrogens with one attached hydrogen (secondary N) is 1. The van der Waals surface area contributed by atoms with E-state index in [-0.39, 0.29) is 18.4 Å². The molecule has 0 aliphatic heterocycles. The highest BCUT2D eigenvalue weighted by molar-refractivity contribution is 5.96. The predicted molar refractivity (Wildman–Crippen MR) is 109 cm³/mol. The third kappa shape index (κ3) is 5.10. The Labute approximate surface area is 169 Å². The summed E-state index contributed by atoms with van der Waals surface area (Å²) in [6.07, 6.45) is 0. The summed E-state index contributed by atoms with van der Waals surface area (Å²) in [6.45, 7) is 5.46. The number of carbonyl (C=O) groups is 2. The number of nitrogens with zero attached hydrogens (tertiary/aromatic N) is 1. The molecule has 150 valence electrons. The molecule has 1 aromatic heterocycles. The second-order valence-corrected chi connectivity index (χ2v) is 7.06. The van der Waals surface area contributed by atoms with Gasteiger partial charge in [0.15, 0.2) is 0 Å². The van der Waals surface area contributed by atoms with Crippen molar-refractivity contribution in [1.82, 2.24) is 10.3 Å². The van der Waals surface area contributed by atoms with E-state index in [2.05, 4.69) is 10.3 Å². The molecule has 1 heterocycles. The lowest BCUT2D eigenvalue weighted by Crippen LogP contribution is -2.45. The standard InChI is InChI=1S/C23H24N2O4/c1-15(2)20(25-21(26)17-10-6-4-7-11-17)23(27)28-14-19-16(3)29-22(24-19)18-12-8-5-9-13-18/h4-13,15,20H,14H2,1-3H3,(H,25,26)/t20-/m0/s1. The summed E-state index contributed by atoms with van der Waals surface area (Å²) in [5.41, 5.74) is 1.89. The number of ether oxygens (including phenoxy) is 1. The molecule has 0 fully saturated rings. The lowest BCUT2D eigenvalue weighted by Gasteiger charge is -2.20. The fourth-order valence-electron chi connectivity index (χ4n) is 2.81. The quantitative estimate of drug-likeness (QED) is 0.611. The Hall–Kier alpha value is -3.41. The van der Waals surface area contributed by atoms with Crippen molar-refractivity contribution >= 4 is 11.9 Å². The van der Waals surface area contributed by atoms with Gasteiger partial charge < -0.3 is 14.5 Å². The molecule has 0 radical (unpaired) electrons. The third-order valence-electron chi connectivity index (χ3n) is 4.51. The Bertz CT molecular complexity index is 965. The van der Waals surface area contributed by atoms with E-state index in [0.29, 0.717) is 22.9 Å². The van der Waals surface area contributed by atoms with Crippen LogP contribution in [0.15, 0.2) is 65.1 Å². The van der Waals surface area contributed by atoms with Gasteiger partial charge in [0.05, 0.1) is 0 Å². The molecule has 6 heteroatoms. The van der Waals surface area contributed by atoms with Gasteiger partial charge in [0.1, 0.15) is 24.1 Å². The molecule has 0 aliphatic carbocycles. The summed E-state index contributed by atoms with van der Waals surface area (Å²) in [5.74, 6) is 0.115. The van der Waals surface area contributed by atoms with Crippen molar-refractivity contribution in [2.24, 2.45) is 5.92 Å². The zero-order valence-corrected chi connectivity index (χ0v) is 16.7. The van der Waals surface area contributed by atoms with E-state index in [1.165, 1.54) is 0 Å². The van der Waals surface area contributed by atoms with Crippen LogP contribution in [0.2, 0.25) is 0 Å². The normalized spacial score (nSPS) is 11.9. The molecule has 6 nitrogen and oxygen atoms in total. The second kappa shape index (κ2) is 9.19. The SMILES string of the molecule is Cc1oc(-c2ccccc2)nc1COC(=O)[C@@H](NC(=O)c1ccccc1)C(C)C. The van der Waals surface area contributed by atoms with E-state index in [9.17, 15) is 9.59 Å². The Morgan fingerprint density at radius 1 is 1.03 bits per heavy atom. The first-order valence-corrected chi connectivity index (χ1v) is 9.50. The number of hydrogen-bond donors (Lipinski definition) is 1. The highest BCUT2D eigenvalue weighted by atomic mass is 16.5. The zero-order chi connectivity index (χ0) is 20.8. The number of carbonyl (C=O) groups excluding carboxylic acids is 2. The molecule has 3 aromatic rings. The van der Waals surface area contributed by atoms with Crippen molar-refractivity contribution in [3.8, 4) is 11.5 Å². The number of hydrogen-bond acceptors (Lipinski definition) is 5. The number of aryl methyl sites for hydroxylation is 1. The fraction of sp³-hybridized carbons (Fsp3) is 0.261. The maximum Gasteiger partial charge on any atom is 0.329 e. The largest absolute Gasteiger partial charge is 0.457 e. The zero-order valence-electron chi connectivity index (χ0n) is 16.7. The summed E-state index contributed by atoms with van der Waals surface area (Å²) >= 11 is 0. The number of oxazole rings is 1. The third-order valence-corrected chi connectivity index (χ3v) is 4.51. The molecule has 1 amide bonds. The maximum absolute atomic E-state index is 12.6. The summed E-state index contributed by atoms with van der Waals surface area (Å²) in [4.78, 5) is 29.5. The van der Waals surface area contributed by atoms with E-state index in [0.717, 1.165) is 5.56 Å². The van der Waals surface area contributed by atoms with Gasteiger partial charge in [-0.25, -0.2) is 9.78 Å². The van der Waals surface area contributed by atoms with Crippen molar-refractivity contribution in [3.05, 3.63) is 77.7 Å². The van der Waals surface area contributed by atoms with E-state index in [1.54, 1.807) is 31.2 Å². The maximum atomic E-state index is 12.6. The highest BCUT2D eigenvalue weighted by Crippen LogP contribution is 2.22. The lowest BCUT2D eigenvalue weighted by molar-refractivity contribution is -0.148. The number of rotatable bonds is 7. The van der Waals surface area contributed by atoms with Gasteiger partial charge >= 0.3 is 5.97 Å². The van der Waals surface area contributed by atoms with Crippen molar-refractivity contribution in [2.75, 3.05) is 0 Å². The van der Waals surface area contributed by atoms with Crippen LogP contribution in [0.1, 0.15) is 35.7 Å². The van der Waals surface area contributed by atoms with Gasteiger partial charge in [0.25, 0.3) is 5.91 Å². The van der Waals surface area contributed by atoms with E-state index in [4.69, 9.17) is 9.15 Å². The van der Waals surface area contributed by atoms with E-state index < -0.39 is 12.0 Å². The van der Waals surface area contributed by atoms with Crippen LogP contribution >= 0.6 is 0 Å². The monoisotopic (exact) mass is 392 g/mol. The molecule has 0 spiro atoms. The smallest absolute Gasteiger partial charge is 0.329 e. The second-order valence-electron chi connectivity index (χ2n) is 7.06. The Morgan fingerprint density at radius 3 is 2.28 bits per heavy atom. The summed E-state index contributed by atoms with van der Waals surface area (Å²) in [5, 5.41) is 2.76. The minimum atomic E-state index is -0.761. The van der Waals surface area contributed by atoms with Crippen LogP contribution in [0.5, 0.6) is 0 Å². The molecule has 0 aliphatic rings. The van der Waals surface area contributed by atoms with E-state index in [1.807, 2.05) is 50.2 Å². The molecule has 2 aromatic carbocycles. The summed E-state index contributed by atoms with van der Waals surface area (Å²) in [6, 6.07) is 17.5. The number of esters is 1. The minimum Gasteiger partial charge on any atom is -0.457 e. The first-order valence-electron chi connectivity index (χ1n) is 9.50. The molecule has 29 heavy (non-hydrogen) atoms. The number of benzene rings is 2. The number of amides is 1. The topological polar surface area (TPSA) is 81.4 Å². The van der Waals surface area contributed by atoms with Gasteiger partial charge in [0.2, 0.25) is 5.89 Å². The Morgan fingerprint density at radius 2 is 1.66 bits per heavy atom. The molecule has 3 rings (SSSR count). The average Bonchev–Trinajstić information content (AvgIpc) is 3.11. The molecule has 0 unspecified atom stereocenters. The van der Waals surface area contributed by atoms with Gasteiger partial charge in [0, 0.05) is 11.1 Å². The predicted octanol–water partition coefficient (Wildman–Crippen LogP) is 4.15. The van der Waals surface area contributed by atoms with Gasteiger partial charge in [-0.1, -0.05) is 50.2 Å². The molecule has 1 N–H and O–H groups in total. The Kier molecular flexibility index (Phi) is 6.44. The van der Waals surface area contributed by atoms with Gasteiger partial charge in [-0.2, -0.15) is 0 Å². The highest BCUT2D eigenvalue weighted by Gasteiger charge is 2.27. The van der Waals surface area contributed by atoms with Crippen LogP contribution in [-0.2, 0) is 16.1 Å². The fourth-order valence-corrected chi connectivity index (χ4v) is 2.81. The van der Waals surface area contributed by atoms with E-state index >= 15 is 0 Å². The summed E-state index contributed by atoms with van der Waals surface area (Å²) in [7, 11) is 0. The van der Waals surface area contributed by atoms with Crippen molar-refractivity contribution in [1.29, 1.82) is 0 Å². The molecule has 0 saturated carbocycles. The first-order chi connectivity index (χ1) is 14.0. The molecule has 0 bridgehead atoms.